The SMILES string of the molecule is c1n[nH]nc1CC1CCNCC1. The van der Waals surface area contributed by atoms with Gasteiger partial charge < -0.3 is 5.32 Å². The summed E-state index contributed by atoms with van der Waals surface area (Å²) in [6.45, 7) is 2.31. The first-order valence-electron chi connectivity index (χ1n) is 4.50. The molecule has 0 atom stereocenters. The van der Waals surface area contributed by atoms with E-state index >= 15 is 0 Å². The summed E-state index contributed by atoms with van der Waals surface area (Å²) < 4.78 is 0. The molecule has 12 heavy (non-hydrogen) atoms. The van der Waals surface area contributed by atoms with E-state index in [-0.39, 0.29) is 0 Å². The zero-order valence-corrected chi connectivity index (χ0v) is 7.08. The van der Waals surface area contributed by atoms with Crippen molar-refractivity contribution in [1.29, 1.82) is 0 Å². The monoisotopic (exact) mass is 166 g/mol. The van der Waals surface area contributed by atoms with Crippen LogP contribution < -0.4 is 5.32 Å². The minimum atomic E-state index is 0.802. The largest absolute Gasteiger partial charge is 0.317 e. The van der Waals surface area contributed by atoms with Crippen LogP contribution in [-0.2, 0) is 6.42 Å². The molecule has 4 nitrogen and oxygen atoms in total. The number of H-pyrrole nitrogens is 1. The second-order valence-electron chi connectivity index (χ2n) is 3.36. The standard InChI is InChI=1S/C8H14N4/c1-3-9-4-2-7(1)5-8-6-10-12-11-8/h6-7,9H,1-5H2,(H,10,11,12). The highest BCUT2D eigenvalue weighted by molar-refractivity contribution is 4.93. The van der Waals surface area contributed by atoms with E-state index in [1.807, 2.05) is 6.20 Å². The van der Waals surface area contributed by atoms with Crippen molar-refractivity contribution in [2.24, 2.45) is 5.92 Å². The quantitative estimate of drug-likeness (QED) is 0.666. The number of nitrogens with zero attached hydrogens (tertiary/aromatic N) is 2. The van der Waals surface area contributed by atoms with Crippen LogP contribution in [-0.4, -0.2) is 28.5 Å². The third-order valence-electron chi connectivity index (χ3n) is 2.42. The highest BCUT2D eigenvalue weighted by Crippen LogP contribution is 2.15. The van der Waals surface area contributed by atoms with Gasteiger partial charge in [0.2, 0.25) is 0 Å². The van der Waals surface area contributed by atoms with Gasteiger partial charge >= 0.3 is 0 Å². The van der Waals surface area contributed by atoms with Crippen LogP contribution in [0.1, 0.15) is 18.5 Å². The summed E-state index contributed by atoms with van der Waals surface area (Å²) in [6, 6.07) is 0. The molecule has 4 heteroatoms. The molecule has 0 bridgehead atoms. The Morgan fingerprint density at radius 3 is 2.92 bits per heavy atom. The summed E-state index contributed by atoms with van der Waals surface area (Å²) in [5.74, 6) is 0.802. The molecule has 1 aliphatic rings. The topological polar surface area (TPSA) is 53.6 Å². The average molecular weight is 166 g/mol. The number of aromatic amines is 1. The molecule has 1 aromatic rings. The summed E-state index contributed by atoms with van der Waals surface area (Å²) in [5.41, 5.74) is 1.10. The number of piperidine rings is 1. The fourth-order valence-electron chi connectivity index (χ4n) is 1.71. The maximum Gasteiger partial charge on any atom is 0.0827 e. The van der Waals surface area contributed by atoms with Crippen molar-refractivity contribution in [3.05, 3.63) is 11.9 Å². The summed E-state index contributed by atoms with van der Waals surface area (Å²) in [6.07, 6.45) is 5.44. The van der Waals surface area contributed by atoms with Gasteiger partial charge in [0.25, 0.3) is 0 Å². The molecule has 0 amide bonds. The predicted octanol–water partition coefficient (Wildman–Crippen LogP) is 0.347. The van der Waals surface area contributed by atoms with E-state index in [1.165, 1.54) is 12.8 Å². The number of rotatable bonds is 2. The fraction of sp³-hybridized carbons (Fsp3) is 0.750. The van der Waals surface area contributed by atoms with Gasteiger partial charge in [-0.25, -0.2) is 0 Å². The Labute approximate surface area is 71.8 Å². The second-order valence-corrected chi connectivity index (χ2v) is 3.36. The van der Waals surface area contributed by atoms with Gasteiger partial charge in [-0.1, -0.05) is 0 Å². The normalized spacial score (nSPS) is 19.7. The minimum absolute atomic E-state index is 0.802. The van der Waals surface area contributed by atoms with Crippen LogP contribution in [0.4, 0.5) is 0 Å². The Morgan fingerprint density at radius 2 is 2.25 bits per heavy atom. The number of nitrogens with one attached hydrogen (secondary N) is 2. The summed E-state index contributed by atoms with van der Waals surface area (Å²) in [4.78, 5) is 0. The molecule has 0 aromatic carbocycles. The lowest BCUT2D eigenvalue weighted by Crippen LogP contribution is -2.28. The van der Waals surface area contributed by atoms with Crippen LogP contribution in [0.25, 0.3) is 0 Å². The Hall–Kier alpha value is -0.900. The highest BCUT2D eigenvalue weighted by atomic mass is 15.3. The molecular formula is C8H14N4. The van der Waals surface area contributed by atoms with Crippen molar-refractivity contribution in [2.75, 3.05) is 13.1 Å². The van der Waals surface area contributed by atoms with Crippen molar-refractivity contribution in [3.8, 4) is 0 Å². The van der Waals surface area contributed by atoms with Crippen molar-refractivity contribution >= 4 is 0 Å². The zero-order valence-electron chi connectivity index (χ0n) is 7.08. The molecule has 1 fully saturated rings. The Morgan fingerprint density at radius 1 is 1.42 bits per heavy atom. The van der Waals surface area contributed by atoms with E-state index in [0.29, 0.717) is 0 Å². The van der Waals surface area contributed by atoms with Crippen LogP contribution in [0, 0.1) is 5.92 Å². The lowest BCUT2D eigenvalue weighted by atomic mass is 9.93. The summed E-state index contributed by atoms with van der Waals surface area (Å²) in [7, 11) is 0. The minimum Gasteiger partial charge on any atom is -0.317 e. The van der Waals surface area contributed by atoms with Crippen LogP contribution >= 0.6 is 0 Å². The van der Waals surface area contributed by atoms with Crippen molar-refractivity contribution in [2.45, 2.75) is 19.3 Å². The van der Waals surface area contributed by atoms with Crippen LogP contribution in [0.3, 0.4) is 0 Å². The van der Waals surface area contributed by atoms with Crippen molar-refractivity contribution in [1.82, 2.24) is 20.7 Å². The maximum absolute atomic E-state index is 4.05. The Balaban J connectivity index is 1.86. The van der Waals surface area contributed by atoms with E-state index in [1.54, 1.807) is 0 Å². The lowest BCUT2D eigenvalue weighted by Gasteiger charge is -2.21. The van der Waals surface area contributed by atoms with Gasteiger partial charge in [0, 0.05) is 0 Å². The van der Waals surface area contributed by atoms with Crippen LogP contribution in [0.5, 0.6) is 0 Å². The second kappa shape index (κ2) is 3.67. The van der Waals surface area contributed by atoms with Gasteiger partial charge in [0.15, 0.2) is 0 Å². The molecule has 0 unspecified atom stereocenters. The van der Waals surface area contributed by atoms with Crippen LogP contribution in [0.2, 0.25) is 0 Å². The molecule has 0 aliphatic carbocycles. The average Bonchev–Trinajstić information content (AvgIpc) is 2.59. The highest BCUT2D eigenvalue weighted by Gasteiger charge is 2.14. The van der Waals surface area contributed by atoms with Crippen molar-refractivity contribution < 1.29 is 0 Å². The number of hydrogen-bond acceptors (Lipinski definition) is 3. The third-order valence-corrected chi connectivity index (χ3v) is 2.42. The molecule has 1 aromatic heterocycles. The number of aromatic nitrogens is 3. The van der Waals surface area contributed by atoms with Crippen molar-refractivity contribution in [3.63, 3.8) is 0 Å². The van der Waals surface area contributed by atoms with Gasteiger partial charge in [0.1, 0.15) is 0 Å². The Kier molecular flexibility index (Phi) is 2.36. The van der Waals surface area contributed by atoms with Gasteiger partial charge in [-0.2, -0.15) is 15.4 Å². The van der Waals surface area contributed by atoms with Gasteiger partial charge in [-0.05, 0) is 38.3 Å². The lowest BCUT2D eigenvalue weighted by molar-refractivity contribution is 0.370. The first-order chi connectivity index (χ1) is 5.95. The zero-order chi connectivity index (χ0) is 8.23. The van der Waals surface area contributed by atoms with E-state index in [9.17, 15) is 0 Å². The maximum atomic E-state index is 4.05. The molecule has 0 spiro atoms. The number of hydrogen-bond donors (Lipinski definition) is 2. The van der Waals surface area contributed by atoms with Gasteiger partial charge in [0.05, 0.1) is 11.9 Å². The predicted molar refractivity (Wildman–Crippen MR) is 45.7 cm³/mol. The molecule has 2 heterocycles. The van der Waals surface area contributed by atoms with E-state index < -0.39 is 0 Å². The molecule has 0 radical (unpaired) electrons. The first-order valence-corrected chi connectivity index (χ1v) is 4.50. The smallest absolute Gasteiger partial charge is 0.0827 e. The molecule has 2 N–H and O–H groups in total. The molecule has 1 aliphatic heterocycles. The van der Waals surface area contributed by atoms with E-state index in [4.69, 9.17) is 0 Å². The molecule has 66 valence electrons. The molecular weight excluding hydrogens is 152 g/mol. The van der Waals surface area contributed by atoms with Gasteiger partial charge in [-0.3, -0.25) is 0 Å². The first kappa shape index (κ1) is 7.73. The van der Waals surface area contributed by atoms with Gasteiger partial charge in [-0.15, -0.1) is 0 Å². The molecule has 1 saturated heterocycles. The van der Waals surface area contributed by atoms with E-state index in [2.05, 4.69) is 20.7 Å². The molecule has 2 rings (SSSR count). The van der Waals surface area contributed by atoms with Crippen LogP contribution in [0.15, 0.2) is 6.20 Å². The summed E-state index contributed by atoms with van der Waals surface area (Å²) in [5, 5.41) is 13.8. The molecule has 0 saturated carbocycles. The van der Waals surface area contributed by atoms with E-state index in [0.717, 1.165) is 31.1 Å². The third kappa shape index (κ3) is 1.82. The Bertz CT molecular complexity index is 213. The fourth-order valence-corrected chi connectivity index (χ4v) is 1.71. The summed E-state index contributed by atoms with van der Waals surface area (Å²) >= 11 is 0.